The fraction of sp³-hybridized carbons (Fsp3) is 0.493. The number of guanidine groups is 1. The van der Waals surface area contributed by atoms with E-state index < -0.39 is 136 Å². The monoisotopic (exact) mass is 1420 g/mol. The number of fused-ring (bicyclic) bond motifs is 1. The molecule has 9 amide bonds. The molecule has 0 bridgehead atoms. The maximum absolute atomic E-state index is 14.5. The fourth-order valence-electron chi connectivity index (χ4n) is 13.3. The van der Waals surface area contributed by atoms with Crippen molar-refractivity contribution in [1.29, 1.82) is 0 Å². The van der Waals surface area contributed by atoms with E-state index >= 15 is 0 Å². The van der Waals surface area contributed by atoms with Crippen LogP contribution in [0.25, 0.3) is 0 Å². The lowest BCUT2D eigenvalue weighted by molar-refractivity contribution is -0.149. The van der Waals surface area contributed by atoms with Gasteiger partial charge in [0.15, 0.2) is 11.6 Å². The van der Waals surface area contributed by atoms with Gasteiger partial charge in [0.1, 0.15) is 53.6 Å². The van der Waals surface area contributed by atoms with Gasteiger partial charge in [-0.2, -0.15) is 0 Å². The molecular formula is C71H92ClN13O14S. The number of benzene rings is 4. The van der Waals surface area contributed by atoms with E-state index in [1.54, 1.807) is 37.8 Å². The highest BCUT2D eigenvalue weighted by Crippen LogP contribution is 2.43. The molecular weight excluding hydrogens is 1330 g/mol. The van der Waals surface area contributed by atoms with Crippen LogP contribution in [0.3, 0.4) is 0 Å². The standard InChI is InChI=1S/C71H92ClN13O14S/c1-39-40(2)62(41(3)49-30-31-71(8,9)99-61(39)49)100(97,98)82-70(74)75-32-16-24-52(81-66(93)59(73)45(7)86)65(92)79-42(4)63(90)77-37-56(87)76-38-57(88)78-43(5)64(91)80-44(6)67(94)84-34-18-26-54(84)69(96)85-35-19-27-55(85)68(95)83-33-17-25-53(83)60(89)48-28-29-50(51(72)36-48)58(46-20-12-10-13-21-46)47-22-14-11-15-23-47/h10-15,20-23,28-29,36,42-44,52-55,58-59H,16-19,24-27,30-35,37-38,73H2,1-9H3,(H,76,87)(H,77,90)(H,78,88)(H,79,92)(H,80,91)(H,81,93)(H3,74,75,82)/t42-,43-,44-,52-,53-,54-,55-,59-/m0/s1. The zero-order valence-electron chi connectivity index (χ0n) is 58.0. The van der Waals surface area contributed by atoms with Crippen molar-refractivity contribution in [2.45, 2.75) is 191 Å². The average molecular weight is 1420 g/mol. The summed E-state index contributed by atoms with van der Waals surface area (Å²) in [5.74, 6) is -7.33. The lowest BCUT2D eigenvalue weighted by Gasteiger charge is -2.35. The maximum atomic E-state index is 14.5. The third-order valence-electron chi connectivity index (χ3n) is 18.9. The van der Waals surface area contributed by atoms with Gasteiger partial charge in [-0.05, 0) is 172 Å². The summed E-state index contributed by atoms with van der Waals surface area (Å²) in [6.45, 7) is 13.7. The Kier molecular flexibility index (Phi) is 25.4. The van der Waals surface area contributed by atoms with Crippen molar-refractivity contribution in [3.63, 3.8) is 0 Å². The van der Waals surface area contributed by atoms with E-state index in [1.165, 1.54) is 30.6 Å². The Labute approximate surface area is 587 Å². The first-order chi connectivity index (χ1) is 47.3. The predicted molar refractivity (Wildman–Crippen MR) is 373 cm³/mol. The van der Waals surface area contributed by atoms with Crippen LogP contribution in [0.15, 0.2) is 88.8 Å². The second-order valence-corrected chi connectivity index (χ2v) is 28.7. The van der Waals surface area contributed by atoms with Crippen molar-refractivity contribution in [2.75, 3.05) is 39.3 Å². The highest BCUT2D eigenvalue weighted by Gasteiger charge is 2.47. The molecule has 0 saturated carbocycles. The minimum atomic E-state index is -4.24. The summed E-state index contributed by atoms with van der Waals surface area (Å²) in [6, 6.07) is 16.0. The normalized spacial score (nSPS) is 18.8. The number of aliphatic imine (C=N–C) groups is 1. The van der Waals surface area contributed by atoms with Crippen LogP contribution in [-0.4, -0.2) is 187 Å². The molecule has 0 unspecified atom stereocenters. The number of nitrogens with zero attached hydrogens (tertiary/aromatic N) is 4. The number of halogens is 1. The molecule has 0 spiro atoms. The SMILES string of the molecule is CC(=O)[C@H](N)C(=O)N[C@@H](CCCN=C(N)NS(=O)(=O)c1c(C)c(C)c2c(c1C)CCC(C)(C)O2)C(=O)N[C@@H](C)C(=O)NCC(=O)NCC(=O)N[C@@H](C)C(=O)N[C@@H](C)C(=O)N1CCC[C@H]1C(=O)N1CCC[C@H]1C(=O)N1CCC[C@H]1C(=O)c1ccc(C(c2ccccc2)c2ccccc2)c(Cl)c1. The fourth-order valence-corrected chi connectivity index (χ4v) is 15.2. The second kappa shape index (κ2) is 33.3. The van der Waals surface area contributed by atoms with Crippen LogP contribution in [0.4, 0.5) is 0 Å². The van der Waals surface area contributed by atoms with Gasteiger partial charge < -0.3 is 62.8 Å². The molecule has 4 aliphatic rings. The summed E-state index contributed by atoms with van der Waals surface area (Å²) in [5.41, 5.74) is 17.1. The molecule has 538 valence electrons. The van der Waals surface area contributed by atoms with Gasteiger partial charge >= 0.3 is 0 Å². The van der Waals surface area contributed by atoms with Crippen LogP contribution < -0.4 is 52.8 Å². The number of ketones is 2. The van der Waals surface area contributed by atoms with Crippen LogP contribution in [0.2, 0.25) is 5.02 Å². The number of carbonyl (C=O) groups is 11. The number of ether oxygens (including phenoxy) is 1. The molecule has 4 aliphatic heterocycles. The summed E-state index contributed by atoms with van der Waals surface area (Å²) in [5, 5.41) is 14.9. The Morgan fingerprint density at radius 3 is 1.81 bits per heavy atom. The Bertz CT molecular complexity index is 3910. The molecule has 3 fully saturated rings. The van der Waals surface area contributed by atoms with E-state index in [0.717, 1.165) is 29.2 Å². The number of amides is 9. The molecule has 29 heteroatoms. The van der Waals surface area contributed by atoms with Gasteiger partial charge in [-0.1, -0.05) is 84.4 Å². The van der Waals surface area contributed by atoms with Gasteiger partial charge in [-0.25, -0.2) is 13.1 Å². The van der Waals surface area contributed by atoms with Gasteiger partial charge in [-0.15, -0.1) is 0 Å². The maximum Gasteiger partial charge on any atom is 0.264 e. The first kappa shape index (κ1) is 76.5. The number of hydrogen-bond donors (Lipinski definition) is 9. The van der Waals surface area contributed by atoms with Crippen LogP contribution in [0.1, 0.15) is 155 Å². The molecule has 8 rings (SSSR count). The molecule has 0 aliphatic carbocycles. The zero-order valence-corrected chi connectivity index (χ0v) is 59.5. The van der Waals surface area contributed by atoms with Crippen molar-refractivity contribution >= 4 is 92.3 Å². The molecule has 11 N–H and O–H groups in total. The highest BCUT2D eigenvalue weighted by molar-refractivity contribution is 7.90. The Hall–Kier alpha value is -9.28. The van der Waals surface area contributed by atoms with Crippen LogP contribution in [0.5, 0.6) is 5.75 Å². The van der Waals surface area contributed by atoms with Crippen LogP contribution in [0, 0.1) is 20.8 Å². The molecule has 27 nitrogen and oxygen atoms in total. The third kappa shape index (κ3) is 18.4. The summed E-state index contributed by atoms with van der Waals surface area (Å²) in [4.78, 5) is 157. The second-order valence-electron chi connectivity index (χ2n) is 26.7. The van der Waals surface area contributed by atoms with Gasteiger partial charge in [0.05, 0.1) is 24.0 Å². The smallest absolute Gasteiger partial charge is 0.264 e. The molecule has 8 atom stereocenters. The van der Waals surface area contributed by atoms with E-state index in [0.29, 0.717) is 90.9 Å². The number of nitrogens with one attached hydrogen (secondary N) is 7. The number of sulfonamides is 1. The van der Waals surface area contributed by atoms with E-state index in [9.17, 15) is 61.2 Å². The van der Waals surface area contributed by atoms with Gasteiger partial charge in [0.2, 0.25) is 59.1 Å². The van der Waals surface area contributed by atoms with Crippen molar-refractivity contribution in [2.24, 2.45) is 16.5 Å². The summed E-state index contributed by atoms with van der Waals surface area (Å²) in [7, 11) is -4.24. The average Bonchev–Trinajstić information content (AvgIpc) is 0.946. The first-order valence-electron chi connectivity index (χ1n) is 33.8. The van der Waals surface area contributed by atoms with Crippen LogP contribution >= 0.6 is 11.6 Å². The Morgan fingerprint density at radius 1 is 0.660 bits per heavy atom. The van der Waals surface area contributed by atoms with Crippen molar-refractivity contribution in [3.8, 4) is 5.75 Å². The molecule has 0 radical (unpaired) electrons. The minimum Gasteiger partial charge on any atom is -0.487 e. The van der Waals surface area contributed by atoms with Gasteiger partial charge in [0.25, 0.3) is 10.0 Å². The van der Waals surface area contributed by atoms with Gasteiger partial charge in [0, 0.05) is 42.7 Å². The van der Waals surface area contributed by atoms with E-state index in [1.807, 2.05) is 80.6 Å². The van der Waals surface area contributed by atoms with Crippen molar-refractivity contribution in [1.82, 2.24) is 51.3 Å². The number of hydrogen-bond acceptors (Lipinski definition) is 16. The molecule has 3 saturated heterocycles. The highest BCUT2D eigenvalue weighted by atomic mass is 35.5. The molecule has 100 heavy (non-hydrogen) atoms. The third-order valence-corrected chi connectivity index (χ3v) is 20.9. The zero-order chi connectivity index (χ0) is 73.1. The molecule has 0 aromatic heterocycles. The van der Waals surface area contributed by atoms with Crippen LogP contribution in [-0.2, 0) is 64.4 Å². The number of likely N-dealkylation sites (tertiary alicyclic amines) is 3. The van der Waals surface area contributed by atoms with Crippen molar-refractivity contribution in [3.05, 3.63) is 128 Å². The van der Waals surface area contributed by atoms with Gasteiger partial charge in [-0.3, -0.25) is 57.7 Å². The Balaban J connectivity index is 0.767. The number of Topliss-reactive ketones (excluding diaryl/α,β-unsaturated/α-hetero) is 2. The number of carbonyl (C=O) groups excluding carboxylic acids is 11. The molecule has 4 aromatic rings. The summed E-state index contributed by atoms with van der Waals surface area (Å²) >= 11 is 7.02. The van der Waals surface area contributed by atoms with E-state index in [4.69, 9.17) is 27.8 Å². The quantitative estimate of drug-likeness (QED) is 0.0103. The minimum absolute atomic E-state index is 0.0286. The first-order valence-corrected chi connectivity index (χ1v) is 35.7. The number of rotatable bonds is 27. The summed E-state index contributed by atoms with van der Waals surface area (Å²) in [6.07, 6.45) is 3.90. The summed E-state index contributed by atoms with van der Waals surface area (Å²) < 4.78 is 36.0. The molecule has 4 aromatic carbocycles. The lowest BCUT2D eigenvalue weighted by atomic mass is 9.84. The topological polar surface area (TPSA) is 389 Å². The van der Waals surface area contributed by atoms with E-state index in [-0.39, 0.29) is 55.0 Å². The van der Waals surface area contributed by atoms with E-state index in [2.05, 4.69) is 41.6 Å². The number of nitrogens with two attached hydrogens (primary N) is 2. The molecule has 4 heterocycles. The predicted octanol–water partition coefficient (Wildman–Crippen LogP) is 2.93. The van der Waals surface area contributed by atoms with Crippen molar-refractivity contribution < 1.29 is 65.9 Å². The largest absolute Gasteiger partial charge is 0.487 e. The Morgan fingerprint density at radius 2 is 1.21 bits per heavy atom. The lowest BCUT2D eigenvalue weighted by Crippen LogP contribution is -2.57.